The molecule has 0 aliphatic carbocycles. The second-order valence-corrected chi connectivity index (χ2v) is 7.15. The number of rotatable bonds is 5. The van der Waals surface area contributed by atoms with Crippen LogP contribution in [0.1, 0.15) is 11.1 Å². The highest BCUT2D eigenvalue weighted by atomic mass is 16.3. The predicted molar refractivity (Wildman–Crippen MR) is 119 cm³/mol. The number of benzene rings is 3. The molecule has 5 rings (SSSR count). The van der Waals surface area contributed by atoms with E-state index in [0.717, 1.165) is 50.9 Å². The minimum absolute atomic E-state index is 0.541. The topological polar surface area (TPSA) is 64.1 Å². The summed E-state index contributed by atoms with van der Waals surface area (Å²) in [7, 11) is 0. The van der Waals surface area contributed by atoms with Crippen molar-refractivity contribution in [3.63, 3.8) is 0 Å². The van der Waals surface area contributed by atoms with E-state index in [1.165, 1.54) is 5.56 Å². The SMILES string of the molecule is NCc1cccc(NCc2ccc3cncc(-c4cc5ccccc5o4)c3c2)c1. The number of pyridine rings is 1. The number of para-hydroxylation sites is 1. The highest BCUT2D eigenvalue weighted by Crippen LogP contribution is 2.32. The zero-order valence-corrected chi connectivity index (χ0v) is 15.9. The highest BCUT2D eigenvalue weighted by molar-refractivity contribution is 5.97. The van der Waals surface area contributed by atoms with E-state index < -0.39 is 0 Å². The zero-order valence-electron chi connectivity index (χ0n) is 15.9. The standard InChI is InChI=1S/C25H21N3O/c26-13-17-4-3-6-21(10-17)28-14-18-8-9-20-15-27-16-23(22(20)11-18)25-12-19-5-1-2-7-24(19)29-25/h1-12,15-16,28H,13-14,26H2. The summed E-state index contributed by atoms with van der Waals surface area (Å²) in [5.41, 5.74) is 11.0. The van der Waals surface area contributed by atoms with Gasteiger partial charge in [-0.15, -0.1) is 0 Å². The van der Waals surface area contributed by atoms with Gasteiger partial charge in [0.25, 0.3) is 0 Å². The van der Waals surface area contributed by atoms with Crippen molar-refractivity contribution < 1.29 is 4.42 Å². The average molecular weight is 379 g/mol. The summed E-state index contributed by atoms with van der Waals surface area (Å²) in [6.07, 6.45) is 3.77. The molecule has 0 aliphatic heterocycles. The average Bonchev–Trinajstić information content (AvgIpc) is 3.21. The van der Waals surface area contributed by atoms with Gasteiger partial charge in [-0.1, -0.05) is 42.5 Å². The lowest BCUT2D eigenvalue weighted by molar-refractivity contribution is 0.632. The first kappa shape index (κ1) is 17.5. The highest BCUT2D eigenvalue weighted by Gasteiger charge is 2.11. The summed E-state index contributed by atoms with van der Waals surface area (Å²) in [5, 5.41) is 6.81. The molecule has 0 atom stereocenters. The minimum atomic E-state index is 0.541. The third-order valence-corrected chi connectivity index (χ3v) is 5.18. The van der Waals surface area contributed by atoms with Crippen molar-refractivity contribution >= 4 is 27.4 Å². The van der Waals surface area contributed by atoms with Gasteiger partial charge in [-0.05, 0) is 46.8 Å². The van der Waals surface area contributed by atoms with Crippen molar-refractivity contribution in [1.82, 2.24) is 4.98 Å². The van der Waals surface area contributed by atoms with E-state index in [9.17, 15) is 0 Å². The van der Waals surface area contributed by atoms with Gasteiger partial charge < -0.3 is 15.5 Å². The van der Waals surface area contributed by atoms with E-state index in [1.54, 1.807) is 0 Å². The maximum absolute atomic E-state index is 6.09. The molecule has 3 N–H and O–H groups in total. The number of hydrogen-bond acceptors (Lipinski definition) is 4. The molecule has 4 heteroatoms. The van der Waals surface area contributed by atoms with Crippen LogP contribution in [0.4, 0.5) is 5.69 Å². The van der Waals surface area contributed by atoms with Crippen molar-refractivity contribution in [3.05, 3.63) is 96.3 Å². The van der Waals surface area contributed by atoms with Crippen LogP contribution in [0, 0.1) is 0 Å². The molecule has 2 heterocycles. The molecule has 2 aromatic heterocycles. The second kappa shape index (κ2) is 7.41. The molecule has 142 valence electrons. The number of nitrogens with one attached hydrogen (secondary N) is 1. The van der Waals surface area contributed by atoms with Gasteiger partial charge in [-0.25, -0.2) is 0 Å². The first-order valence-electron chi connectivity index (χ1n) is 9.69. The van der Waals surface area contributed by atoms with Crippen molar-refractivity contribution in [2.75, 3.05) is 5.32 Å². The lowest BCUT2D eigenvalue weighted by Crippen LogP contribution is -2.01. The van der Waals surface area contributed by atoms with Crippen LogP contribution in [0.5, 0.6) is 0 Å². The maximum atomic E-state index is 6.09. The van der Waals surface area contributed by atoms with Gasteiger partial charge in [0.15, 0.2) is 0 Å². The number of anilines is 1. The van der Waals surface area contributed by atoms with E-state index in [1.807, 2.05) is 42.7 Å². The fourth-order valence-electron chi connectivity index (χ4n) is 3.64. The molecule has 0 fully saturated rings. The third kappa shape index (κ3) is 3.46. The summed E-state index contributed by atoms with van der Waals surface area (Å²) in [5.74, 6) is 0.838. The smallest absolute Gasteiger partial charge is 0.137 e. The molecule has 0 unspecified atom stereocenters. The van der Waals surface area contributed by atoms with Gasteiger partial charge in [0.2, 0.25) is 0 Å². The Balaban J connectivity index is 1.49. The molecule has 0 amide bonds. The van der Waals surface area contributed by atoms with E-state index in [2.05, 4.69) is 52.8 Å². The predicted octanol–water partition coefficient (Wildman–Crippen LogP) is 5.72. The monoisotopic (exact) mass is 379 g/mol. The number of fused-ring (bicyclic) bond motifs is 2. The molecule has 3 aromatic carbocycles. The summed E-state index contributed by atoms with van der Waals surface area (Å²) in [6.45, 7) is 1.27. The summed E-state index contributed by atoms with van der Waals surface area (Å²) >= 11 is 0. The quantitative estimate of drug-likeness (QED) is 0.410. The second-order valence-electron chi connectivity index (χ2n) is 7.15. The van der Waals surface area contributed by atoms with Gasteiger partial charge in [-0.2, -0.15) is 0 Å². The molecule has 0 radical (unpaired) electrons. The Bertz CT molecular complexity index is 1270. The maximum Gasteiger partial charge on any atom is 0.137 e. The van der Waals surface area contributed by atoms with E-state index in [0.29, 0.717) is 6.54 Å². The Morgan fingerprint density at radius 1 is 0.828 bits per heavy atom. The number of nitrogens with zero attached hydrogens (tertiary/aromatic N) is 1. The fraction of sp³-hybridized carbons (Fsp3) is 0.0800. The lowest BCUT2D eigenvalue weighted by Gasteiger charge is -2.10. The Morgan fingerprint density at radius 2 is 1.76 bits per heavy atom. The van der Waals surface area contributed by atoms with Crippen molar-refractivity contribution in [2.24, 2.45) is 5.73 Å². The summed E-state index contributed by atoms with van der Waals surface area (Å²) < 4.78 is 6.09. The molecule has 0 bridgehead atoms. The largest absolute Gasteiger partial charge is 0.456 e. The van der Waals surface area contributed by atoms with Crippen LogP contribution in [0.25, 0.3) is 33.1 Å². The summed E-state index contributed by atoms with van der Waals surface area (Å²) in [4.78, 5) is 4.41. The first-order chi connectivity index (χ1) is 14.3. The Morgan fingerprint density at radius 3 is 2.66 bits per heavy atom. The Kier molecular flexibility index (Phi) is 4.47. The molecule has 29 heavy (non-hydrogen) atoms. The number of furan rings is 1. The van der Waals surface area contributed by atoms with Gasteiger partial charge in [0.05, 0.1) is 0 Å². The molecule has 0 saturated heterocycles. The van der Waals surface area contributed by atoms with Crippen LogP contribution in [0.15, 0.2) is 89.6 Å². The molecule has 0 aliphatic rings. The van der Waals surface area contributed by atoms with Crippen molar-refractivity contribution in [2.45, 2.75) is 13.1 Å². The van der Waals surface area contributed by atoms with E-state index >= 15 is 0 Å². The molecule has 5 aromatic rings. The Hall–Kier alpha value is -3.63. The number of nitrogens with two attached hydrogens (primary N) is 1. The molecular formula is C25H21N3O. The molecular weight excluding hydrogens is 358 g/mol. The van der Waals surface area contributed by atoms with Crippen molar-refractivity contribution in [1.29, 1.82) is 0 Å². The van der Waals surface area contributed by atoms with Crippen LogP contribution in [-0.4, -0.2) is 4.98 Å². The Labute approximate surface area is 169 Å². The van der Waals surface area contributed by atoms with Crippen LogP contribution >= 0.6 is 0 Å². The number of aromatic nitrogens is 1. The molecule has 0 spiro atoms. The van der Waals surface area contributed by atoms with Crippen LogP contribution < -0.4 is 11.1 Å². The first-order valence-corrected chi connectivity index (χ1v) is 9.69. The normalized spacial score (nSPS) is 11.2. The van der Waals surface area contributed by atoms with Crippen LogP contribution in [-0.2, 0) is 13.1 Å². The van der Waals surface area contributed by atoms with Gasteiger partial charge in [-0.3, -0.25) is 4.98 Å². The summed E-state index contributed by atoms with van der Waals surface area (Å²) in [6, 6.07) is 24.8. The van der Waals surface area contributed by atoms with Gasteiger partial charge >= 0.3 is 0 Å². The molecule has 0 saturated carbocycles. The van der Waals surface area contributed by atoms with Crippen molar-refractivity contribution in [3.8, 4) is 11.3 Å². The third-order valence-electron chi connectivity index (χ3n) is 5.18. The number of hydrogen-bond donors (Lipinski definition) is 2. The zero-order chi connectivity index (χ0) is 19.6. The van der Waals surface area contributed by atoms with Gasteiger partial charge in [0.1, 0.15) is 11.3 Å². The van der Waals surface area contributed by atoms with Crippen LogP contribution in [0.2, 0.25) is 0 Å². The van der Waals surface area contributed by atoms with Gasteiger partial charge in [0, 0.05) is 47.5 Å². The van der Waals surface area contributed by atoms with E-state index in [-0.39, 0.29) is 0 Å². The fourth-order valence-corrected chi connectivity index (χ4v) is 3.64. The molecule has 4 nitrogen and oxygen atoms in total. The van der Waals surface area contributed by atoms with Crippen LogP contribution in [0.3, 0.4) is 0 Å². The van der Waals surface area contributed by atoms with E-state index in [4.69, 9.17) is 10.2 Å². The lowest BCUT2D eigenvalue weighted by atomic mass is 10.0. The minimum Gasteiger partial charge on any atom is -0.456 e.